The molecule has 1 aromatic rings. The number of aromatic hydroxyl groups is 1. The first kappa shape index (κ1) is 9.80. The second-order valence-corrected chi connectivity index (χ2v) is 2.62. The first-order valence-electron chi connectivity index (χ1n) is 3.89. The third kappa shape index (κ3) is 1.89. The van der Waals surface area contributed by atoms with E-state index in [0.29, 0.717) is 12.1 Å². The topological polar surface area (TPSA) is 41.5 Å². The summed E-state index contributed by atoms with van der Waals surface area (Å²) in [5, 5.41) is 11.9. The van der Waals surface area contributed by atoms with Crippen LogP contribution in [0, 0.1) is 5.82 Å². The molecule has 0 atom stereocenters. The van der Waals surface area contributed by atoms with Crippen LogP contribution in [0.1, 0.15) is 5.56 Å². The van der Waals surface area contributed by atoms with Gasteiger partial charge >= 0.3 is 0 Å². The zero-order valence-electron chi connectivity index (χ0n) is 7.60. The zero-order valence-corrected chi connectivity index (χ0v) is 7.60. The maximum Gasteiger partial charge on any atom is 0.206 e. The number of ether oxygens (including phenoxy) is 1. The number of methoxy groups -OCH3 is 1. The summed E-state index contributed by atoms with van der Waals surface area (Å²) in [5.41, 5.74) is 0.681. The smallest absolute Gasteiger partial charge is 0.206 e. The van der Waals surface area contributed by atoms with Gasteiger partial charge < -0.3 is 15.2 Å². The summed E-state index contributed by atoms with van der Waals surface area (Å²) in [6.45, 7) is 0.500. The normalized spacial score (nSPS) is 10.1. The highest BCUT2D eigenvalue weighted by molar-refractivity contribution is 5.41. The molecule has 0 aliphatic carbocycles. The second-order valence-electron chi connectivity index (χ2n) is 2.62. The Kier molecular flexibility index (Phi) is 3.08. The maximum absolute atomic E-state index is 13.2. The van der Waals surface area contributed by atoms with E-state index in [4.69, 9.17) is 9.84 Å². The van der Waals surface area contributed by atoms with Crippen LogP contribution in [0.2, 0.25) is 0 Å². The standard InChI is InChI=1S/C9H12FNO2/c1-11-5-6-3-4-7(12)8(10)9(6)13-2/h3-4,11-12H,5H2,1-2H3. The third-order valence-corrected chi connectivity index (χ3v) is 1.73. The lowest BCUT2D eigenvalue weighted by atomic mass is 10.2. The lowest BCUT2D eigenvalue weighted by Crippen LogP contribution is -2.07. The van der Waals surface area contributed by atoms with E-state index >= 15 is 0 Å². The van der Waals surface area contributed by atoms with Crippen LogP contribution in [0.15, 0.2) is 12.1 Å². The lowest BCUT2D eigenvalue weighted by molar-refractivity contribution is 0.359. The van der Waals surface area contributed by atoms with E-state index in [1.807, 2.05) is 0 Å². The van der Waals surface area contributed by atoms with Crippen molar-refractivity contribution in [2.75, 3.05) is 14.2 Å². The molecular formula is C9H12FNO2. The number of rotatable bonds is 3. The highest BCUT2D eigenvalue weighted by Gasteiger charge is 2.12. The molecule has 13 heavy (non-hydrogen) atoms. The molecule has 0 fully saturated rings. The third-order valence-electron chi connectivity index (χ3n) is 1.73. The average molecular weight is 185 g/mol. The van der Waals surface area contributed by atoms with Crippen molar-refractivity contribution < 1.29 is 14.2 Å². The molecule has 1 aromatic carbocycles. The van der Waals surface area contributed by atoms with Gasteiger partial charge in [0.1, 0.15) is 0 Å². The number of nitrogens with one attached hydrogen (secondary N) is 1. The number of benzene rings is 1. The van der Waals surface area contributed by atoms with Gasteiger partial charge in [0, 0.05) is 12.1 Å². The van der Waals surface area contributed by atoms with E-state index in [1.165, 1.54) is 13.2 Å². The summed E-state index contributed by atoms with van der Waals surface area (Å²) < 4.78 is 18.0. The minimum Gasteiger partial charge on any atom is -0.505 e. The monoisotopic (exact) mass is 185 g/mol. The van der Waals surface area contributed by atoms with E-state index in [2.05, 4.69) is 5.32 Å². The fourth-order valence-electron chi connectivity index (χ4n) is 1.14. The Morgan fingerprint density at radius 1 is 1.54 bits per heavy atom. The summed E-state index contributed by atoms with van der Waals surface area (Å²) in [7, 11) is 3.13. The molecule has 0 radical (unpaired) electrons. The van der Waals surface area contributed by atoms with Gasteiger partial charge in [-0.1, -0.05) is 6.07 Å². The minimum absolute atomic E-state index is 0.0920. The van der Waals surface area contributed by atoms with Crippen molar-refractivity contribution in [1.82, 2.24) is 5.32 Å². The number of hydrogen-bond acceptors (Lipinski definition) is 3. The highest BCUT2D eigenvalue weighted by Crippen LogP contribution is 2.29. The van der Waals surface area contributed by atoms with Crippen LogP contribution < -0.4 is 10.1 Å². The summed E-state index contributed by atoms with van der Waals surface area (Å²) in [6.07, 6.45) is 0. The molecule has 0 saturated heterocycles. The Labute approximate surface area is 76.1 Å². The van der Waals surface area contributed by atoms with Gasteiger partial charge in [-0.2, -0.15) is 4.39 Å². The number of phenols is 1. The van der Waals surface area contributed by atoms with E-state index in [1.54, 1.807) is 13.1 Å². The average Bonchev–Trinajstić information content (AvgIpc) is 2.12. The Balaban J connectivity index is 3.13. The van der Waals surface area contributed by atoms with Crippen molar-refractivity contribution in [2.45, 2.75) is 6.54 Å². The van der Waals surface area contributed by atoms with Gasteiger partial charge in [-0.05, 0) is 13.1 Å². The van der Waals surface area contributed by atoms with Gasteiger partial charge in [-0.15, -0.1) is 0 Å². The second kappa shape index (κ2) is 4.09. The SMILES string of the molecule is CNCc1ccc(O)c(F)c1OC. The molecule has 1 rings (SSSR count). The van der Waals surface area contributed by atoms with Gasteiger partial charge in [0.2, 0.25) is 5.82 Å². The Morgan fingerprint density at radius 2 is 2.23 bits per heavy atom. The lowest BCUT2D eigenvalue weighted by Gasteiger charge is -2.09. The molecular weight excluding hydrogens is 173 g/mol. The highest BCUT2D eigenvalue weighted by atomic mass is 19.1. The van der Waals surface area contributed by atoms with E-state index in [-0.39, 0.29) is 5.75 Å². The van der Waals surface area contributed by atoms with E-state index in [0.717, 1.165) is 0 Å². The van der Waals surface area contributed by atoms with Crippen LogP contribution in [0.3, 0.4) is 0 Å². The molecule has 4 heteroatoms. The Bertz CT molecular complexity index is 302. The molecule has 0 amide bonds. The van der Waals surface area contributed by atoms with Crippen LogP contribution in [0.5, 0.6) is 11.5 Å². The largest absolute Gasteiger partial charge is 0.505 e. The van der Waals surface area contributed by atoms with Gasteiger partial charge in [-0.3, -0.25) is 0 Å². The van der Waals surface area contributed by atoms with E-state index in [9.17, 15) is 4.39 Å². The predicted octanol–water partition coefficient (Wildman–Crippen LogP) is 1.26. The van der Waals surface area contributed by atoms with Crippen LogP contribution in [-0.4, -0.2) is 19.3 Å². The predicted molar refractivity (Wildman–Crippen MR) is 47.4 cm³/mol. The van der Waals surface area contributed by atoms with Gasteiger partial charge in [0.25, 0.3) is 0 Å². The molecule has 0 saturated carbocycles. The molecule has 0 aromatic heterocycles. The van der Waals surface area contributed by atoms with Crippen LogP contribution in [-0.2, 0) is 6.54 Å². The molecule has 0 spiro atoms. The van der Waals surface area contributed by atoms with E-state index < -0.39 is 11.6 Å². The van der Waals surface area contributed by atoms with Gasteiger partial charge in [0.05, 0.1) is 7.11 Å². The van der Waals surface area contributed by atoms with Crippen molar-refractivity contribution >= 4 is 0 Å². The quantitative estimate of drug-likeness (QED) is 0.744. The Morgan fingerprint density at radius 3 is 2.77 bits per heavy atom. The summed E-state index contributed by atoms with van der Waals surface area (Å²) >= 11 is 0. The molecule has 0 aliphatic heterocycles. The number of halogens is 1. The fourth-order valence-corrected chi connectivity index (χ4v) is 1.14. The minimum atomic E-state index is -0.713. The first-order chi connectivity index (χ1) is 6.20. The summed E-state index contributed by atoms with van der Waals surface area (Å²) in [4.78, 5) is 0. The van der Waals surface area contributed by atoms with Crippen LogP contribution in [0.4, 0.5) is 4.39 Å². The molecule has 3 nitrogen and oxygen atoms in total. The first-order valence-corrected chi connectivity index (χ1v) is 3.89. The summed E-state index contributed by atoms with van der Waals surface area (Å²) in [5.74, 6) is -1.01. The maximum atomic E-state index is 13.2. The van der Waals surface area contributed by atoms with Crippen molar-refractivity contribution in [2.24, 2.45) is 0 Å². The van der Waals surface area contributed by atoms with Crippen LogP contribution >= 0.6 is 0 Å². The summed E-state index contributed by atoms with van der Waals surface area (Å²) in [6, 6.07) is 2.93. The van der Waals surface area contributed by atoms with Crippen molar-refractivity contribution in [3.63, 3.8) is 0 Å². The molecule has 0 unspecified atom stereocenters. The molecule has 72 valence electrons. The number of hydrogen-bond donors (Lipinski definition) is 2. The molecule has 0 heterocycles. The molecule has 0 aliphatic rings. The van der Waals surface area contributed by atoms with Gasteiger partial charge in [-0.25, -0.2) is 0 Å². The molecule has 0 bridgehead atoms. The number of phenolic OH excluding ortho intramolecular Hbond substituents is 1. The van der Waals surface area contributed by atoms with Gasteiger partial charge in [0.15, 0.2) is 11.5 Å². The fraction of sp³-hybridized carbons (Fsp3) is 0.333. The van der Waals surface area contributed by atoms with Crippen LogP contribution in [0.25, 0.3) is 0 Å². The van der Waals surface area contributed by atoms with Crippen molar-refractivity contribution in [1.29, 1.82) is 0 Å². The van der Waals surface area contributed by atoms with Crippen molar-refractivity contribution in [3.05, 3.63) is 23.5 Å². The molecule has 2 N–H and O–H groups in total. The van der Waals surface area contributed by atoms with Crippen molar-refractivity contribution in [3.8, 4) is 11.5 Å². The zero-order chi connectivity index (χ0) is 9.84. The Hall–Kier alpha value is -1.29.